The van der Waals surface area contributed by atoms with Crippen molar-refractivity contribution in [2.24, 2.45) is 0 Å². The molecule has 18 heavy (non-hydrogen) atoms. The number of esters is 1. The number of methoxy groups -OCH3 is 1. The van der Waals surface area contributed by atoms with Crippen LogP contribution in [0.15, 0.2) is 18.3 Å². The zero-order chi connectivity index (χ0) is 13.5. The maximum absolute atomic E-state index is 11.5. The first kappa shape index (κ1) is 14.6. The van der Waals surface area contributed by atoms with Crippen LogP contribution < -0.4 is 5.32 Å². The summed E-state index contributed by atoms with van der Waals surface area (Å²) < 4.78 is 4.58. The van der Waals surface area contributed by atoms with Crippen molar-refractivity contribution in [3.63, 3.8) is 0 Å². The second-order valence-corrected chi connectivity index (χ2v) is 3.84. The number of carbonyl (C=O) groups is 1. The summed E-state index contributed by atoms with van der Waals surface area (Å²) in [4.78, 5) is 15.4. The van der Waals surface area contributed by atoms with Crippen LogP contribution >= 0.6 is 0 Å². The number of carbonyl (C=O) groups excluding carboxylic acids is 1. The van der Waals surface area contributed by atoms with Gasteiger partial charge in [-0.3, -0.25) is 0 Å². The fourth-order valence-electron chi connectivity index (χ4n) is 1.58. The molecular weight excluding hydrogens is 236 g/mol. The third-order valence-electron chi connectivity index (χ3n) is 2.59. The van der Waals surface area contributed by atoms with Gasteiger partial charge in [0.2, 0.25) is 0 Å². The van der Waals surface area contributed by atoms with Gasteiger partial charge in [-0.15, -0.1) is 0 Å². The quantitative estimate of drug-likeness (QED) is 0.613. The minimum Gasteiger partial charge on any atom is -0.464 e. The maximum atomic E-state index is 11.5. The predicted molar refractivity (Wildman–Crippen MR) is 65.1 cm³/mol. The molecule has 1 aromatic rings. The Morgan fingerprint density at radius 2 is 2.28 bits per heavy atom. The van der Waals surface area contributed by atoms with Crippen LogP contribution in [0.25, 0.3) is 0 Å². The highest BCUT2D eigenvalue weighted by Crippen LogP contribution is 2.21. The van der Waals surface area contributed by atoms with E-state index in [9.17, 15) is 15.0 Å². The summed E-state index contributed by atoms with van der Waals surface area (Å²) in [7, 11) is 2.99. The number of hydrogen-bond donors (Lipinski definition) is 3. The fraction of sp³-hybridized carbons (Fsp3) is 0.500. The van der Waals surface area contributed by atoms with Crippen LogP contribution in [0.4, 0.5) is 0 Å². The molecule has 0 bridgehead atoms. The SMILES string of the molecule is CNCCC(O)C(O)c1cccnc1C(=O)OC. The first-order valence-electron chi connectivity index (χ1n) is 5.65. The van der Waals surface area contributed by atoms with Gasteiger partial charge in [-0.05, 0) is 26.1 Å². The van der Waals surface area contributed by atoms with Crippen LogP contribution in [0.5, 0.6) is 0 Å². The number of aliphatic hydroxyl groups is 2. The van der Waals surface area contributed by atoms with Gasteiger partial charge in [0, 0.05) is 11.8 Å². The molecule has 0 aliphatic carbocycles. The van der Waals surface area contributed by atoms with Crippen molar-refractivity contribution in [1.82, 2.24) is 10.3 Å². The molecule has 3 N–H and O–H groups in total. The standard InChI is InChI=1S/C12H18N2O4/c1-13-7-5-9(15)11(16)8-4-3-6-14-10(8)12(17)18-2/h3-4,6,9,11,13,15-16H,5,7H2,1-2H3. The zero-order valence-electron chi connectivity index (χ0n) is 10.5. The Hall–Kier alpha value is -1.50. The smallest absolute Gasteiger partial charge is 0.357 e. The van der Waals surface area contributed by atoms with Crippen molar-refractivity contribution in [3.8, 4) is 0 Å². The summed E-state index contributed by atoms with van der Waals surface area (Å²) >= 11 is 0. The summed E-state index contributed by atoms with van der Waals surface area (Å²) in [5.41, 5.74) is 0.295. The molecule has 0 aliphatic heterocycles. The number of pyridine rings is 1. The number of nitrogens with zero attached hydrogens (tertiary/aromatic N) is 1. The van der Waals surface area contributed by atoms with E-state index >= 15 is 0 Å². The molecule has 100 valence electrons. The summed E-state index contributed by atoms with van der Waals surface area (Å²) in [6.45, 7) is 0.562. The lowest BCUT2D eigenvalue weighted by atomic mass is 10.0. The number of hydrogen-bond acceptors (Lipinski definition) is 6. The molecule has 0 saturated heterocycles. The predicted octanol–water partition coefficient (Wildman–Crippen LogP) is -0.128. The molecule has 0 radical (unpaired) electrons. The van der Waals surface area contributed by atoms with E-state index in [-0.39, 0.29) is 11.3 Å². The van der Waals surface area contributed by atoms with E-state index < -0.39 is 18.2 Å². The largest absolute Gasteiger partial charge is 0.464 e. The zero-order valence-corrected chi connectivity index (χ0v) is 10.5. The molecule has 0 spiro atoms. The van der Waals surface area contributed by atoms with Crippen LogP contribution in [0.1, 0.15) is 28.6 Å². The Labute approximate surface area is 106 Å². The maximum Gasteiger partial charge on any atom is 0.357 e. The summed E-state index contributed by atoms with van der Waals surface area (Å²) in [6.07, 6.45) is -0.332. The highest BCUT2D eigenvalue weighted by atomic mass is 16.5. The fourth-order valence-corrected chi connectivity index (χ4v) is 1.58. The van der Waals surface area contributed by atoms with E-state index in [4.69, 9.17) is 0 Å². The Morgan fingerprint density at radius 3 is 2.89 bits per heavy atom. The molecule has 2 unspecified atom stereocenters. The molecule has 1 aromatic heterocycles. The van der Waals surface area contributed by atoms with Crippen LogP contribution in [0, 0.1) is 0 Å². The second-order valence-electron chi connectivity index (χ2n) is 3.84. The molecule has 1 heterocycles. The number of aromatic nitrogens is 1. The van der Waals surface area contributed by atoms with E-state index in [0.29, 0.717) is 13.0 Å². The third-order valence-corrected chi connectivity index (χ3v) is 2.59. The summed E-state index contributed by atoms with van der Waals surface area (Å²) in [5, 5.41) is 22.7. The number of aliphatic hydroxyl groups excluding tert-OH is 2. The first-order chi connectivity index (χ1) is 8.61. The Morgan fingerprint density at radius 1 is 1.56 bits per heavy atom. The third kappa shape index (κ3) is 3.49. The lowest BCUT2D eigenvalue weighted by Crippen LogP contribution is -2.25. The van der Waals surface area contributed by atoms with Crippen LogP contribution in [0.3, 0.4) is 0 Å². The van der Waals surface area contributed by atoms with Crippen molar-refractivity contribution in [1.29, 1.82) is 0 Å². The van der Waals surface area contributed by atoms with E-state index in [2.05, 4.69) is 15.0 Å². The van der Waals surface area contributed by atoms with Crippen molar-refractivity contribution in [2.45, 2.75) is 18.6 Å². The number of nitrogens with one attached hydrogen (secondary N) is 1. The Kier molecular flexibility index (Phi) is 5.70. The number of ether oxygens (including phenoxy) is 1. The average Bonchev–Trinajstić information content (AvgIpc) is 2.43. The topological polar surface area (TPSA) is 91.7 Å². The molecular formula is C12H18N2O4. The van der Waals surface area contributed by atoms with Gasteiger partial charge >= 0.3 is 5.97 Å². The van der Waals surface area contributed by atoms with Gasteiger partial charge in [0.25, 0.3) is 0 Å². The minimum absolute atomic E-state index is 0.0241. The molecule has 0 amide bonds. The van der Waals surface area contributed by atoms with Gasteiger partial charge in [0.15, 0.2) is 5.69 Å². The van der Waals surface area contributed by atoms with E-state index in [1.165, 1.54) is 13.3 Å². The summed E-state index contributed by atoms with van der Waals surface area (Å²) in [5.74, 6) is -0.634. The van der Waals surface area contributed by atoms with Crippen LogP contribution in [-0.2, 0) is 4.74 Å². The highest BCUT2D eigenvalue weighted by Gasteiger charge is 2.24. The van der Waals surface area contributed by atoms with Gasteiger partial charge < -0.3 is 20.3 Å². The lowest BCUT2D eigenvalue weighted by molar-refractivity contribution is 0.0126. The number of rotatable bonds is 6. The first-order valence-corrected chi connectivity index (χ1v) is 5.65. The van der Waals surface area contributed by atoms with E-state index in [1.54, 1.807) is 19.2 Å². The molecule has 2 atom stereocenters. The second kappa shape index (κ2) is 7.05. The van der Waals surface area contributed by atoms with Crippen molar-refractivity contribution in [2.75, 3.05) is 20.7 Å². The molecule has 0 aromatic carbocycles. The van der Waals surface area contributed by atoms with Gasteiger partial charge in [-0.1, -0.05) is 6.07 Å². The molecule has 0 aliphatic rings. The van der Waals surface area contributed by atoms with E-state index in [0.717, 1.165) is 0 Å². The van der Waals surface area contributed by atoms with Gasteiger partial charge in [-0.25, -0.2) is 9.78 Å². The van der Waals surface area contributed by atoms with Crippen LogP contribution in [-0.4, -0.2) is 48.0 Å². The van der Waals surface area contributed by atoms with Crippen LogP contribution in [0.2, 0.25) is 0 Å². The normalized spacial score (nSPS) is 14.0. The molecule has 1 rings (SSSR count). The van der Waals surface area contributed by atoms with E-state index in [1.807, 2.05) is 0 Å². The average molecular weight is 254 g/mol. The highest BCUT2D eigenvalue weighted by molar-refractivity contribution is 5.88. The lowest BCUT2D eigenvalue weighted by Gasteiger charge is -2.19. The van der Waals surface area contributed by atoms with Gasteiger partial charge in [0.05, 0.1) is 13.2 Å². The molecule has 0 saturated carbocycles. The van der Waals surface area contributed by atoms with Gasteiger partial charge in [0.1, 0.15) is 6.10 Å². The Bertz CT molecular complexity index is 397. The summed E-state index contributed by atoms with van der Waals surface area (Å²) in [6, 6.07) is 3.14. The van der Waals surface area contributed by atoms with Crippen molar-refractivity contribution >= 4 is 5.97 Å². The van der Waals surface area contributed by atoms with Crippen molar-refractivity contribution in [3.05, 3.63) is 29.6 Å². The molecule has 6 heteroatoms. The molecule has 0 fully saturated rings. The van der Waals surface area contributed by atoms with Crippen molar-refractivity contribution < 1.29 is 19.7 Å². The molecule has 6 nitrogen and oxygen atoms in total. The Balaban J connectivity index is 2.90. The minimum atomic E-state index is -1.17. The van der Waals surface area contributed by atoms with Gasteiger partial charge in [-0.2, -0.15) is 0 Å². The monoisotopic (exact) mass is 254 g/mol.